The van der Waals surface area contributed by atoms with E-state index < -0.39 is 11.9 Å². The van der Waals surface area contributed by atoms with Crippen LogP contribution in [0.5, 0.6) is 0 Å². The van der Waals surface area contributed by atoms with E-state index in [9.17, 15) is 14.4 Å². The van der Waals surface area contributed by atoms with E-state index in [2.05, 4.69) is 10.6 Å². The van der Waals surface area contributed by atoms with Crippen LogP contribution >= 0.6 is 0 Å². The number of hydrogen-bond donors (Lipinski definition) is 4. The minimum atomic E-state index is -1.00. The van der Waals surface area contributed by atoms with Gasteiger partial charge in [0.15, 0.2) is 0 Å². The van der Waals surface area contributed by atoms with E-state index in [-0.39, 0.29) is 11.5 Å². The van der Waals surface area contributed by atoms with Crippen LogP contribution in [0.25, 0.3) is 5.57 Å². The van der Waals surface area contributed by atoms with Crippen molar-refractivity contribution in [1.82, 2.24) is 0 Å². The van der Waals surface area contributed by atoms with E-state index >= 15 is 0 Å². The Balaban J connectivity index is 1.93. The molecule has 1 aliphatic heterocycles. The normalized spacial score (nSPS) is 14.5. The highest BCUT2D eigenvalue weighted by Crippen LogP contribution is 2.34. The fraction of sp³-hybridized carbons (Fsp3) is 0.0556. The molecule has 3 rings (SSSR count). The number of nitrogens with one attached hydrogen (secondary N) is 2. The van der Waals surface area contributed by atoms with E-state index in [4.69, 9.17) is 10.8 Å². The Bertz CT molecular complexity index is 930. The number of primary amides is 1. The molecule has 0 aliphatic carbocycles. The molecule has 1 aliphatic rings. The number of nitrogens with two attached hydrogens (primary N) is 1. The summed E-state index contributed by atoms with van der Waals surface area (Å²) in [5.41, 5.74) is 8.66. The molecule has 0 radical (unpaired) electrons. The zero-order chi connectivity index (χ0) is 18.1. The molecule has 7 heteroatoms. The molecule has 0 bridgehead atoms. The zero-order valence-electron chi connectivity index (χ0n) is 13.3. The molecule has 2 aromatic carbocycles. The van der Waals surface area contributed by atoms with Crippen molar-refractivity contribution >= 4 is 34.7 Å². The van der Waals surface area contributed by atoms with Crippen LogP contribution in [-0.2, 0) is 4.79 Å². The van der Waals surface area contributed by atoms with Gasteiger partial charge in [-0.2, -0.15) is 0 Å². The van der Waals surface area contributed by atoms with Crippen molar-refractivity contribution in [2.24, 2.45) is 5.73 Å². The number of rotatable bonds is 4. The number of fused-ring (bicyclic) bond motifs is 1. The van der Waals surface area contributed by atoms with Crippen LogP contribution in [0.3, 0.4) is 0 Å². The van der Waals surface area contributed by atoms with Gasteiger partial charge in [0.1, 0.15) is 0 Å². The second-order valence-corrected chi connectivity index (χ2v) is 5.59. The number of aromatic carboxylic acids is 1. The number of carboxylic acid groups (broad SMARTS) is 1. The summed E-state index contributed by atoms with van der Waals surface area (Å²) in [7, 11) is 0. The summed E-state index contributed by atoms with van der Waals surface area (Å²) in [4.78, 5) is 34.4. The predicted molar refractivity (Wildman–Crippen MR) is 93.2 cm³/mol. The van der Waals surface area contributed by atoms with E-state index in [1.165, 1.54) is 18.2 Å². The average Bonchev–Trinajstić information content (AvgIpc) is 2.90. The molecule has 0 saturated heterocycles. The maximum atomic E-state index is 12.3. The molecule has 25 heavy (non-hydrogen) atoms. The Kier molecular flexibility index (Phi) is 3.98. The van der Waals surface area contributed by atoms with Crippen LogP contribution in [0.4, 0.5) is 11.4 Å². The first kappa shape index (κ1) is 16.3. The van der Waals surface area contributed by atoms with Crippen LogP contribution < -0.4 is 16.4 Å². The lowest BCUT2D eigenvalue weighted by Crippen LogP contribution is -2.11. The van der Waals surface area contributed by atoms with Crippen LogP contribution in [0, 0.1) is 0 Å². The third-order valence-corrected chi connectivity index (χ3v) is 3.89. The van der Waals surface area contributed by atoms with Gasteiger partial charge in [-0.05, 0) is 43.3 Å². The highest BCUT2D eigenvalue weighted by atomic mass is 16.4. The highest BCUT2D eigenvalue weighted by molar-refractivity contribution is 6.32. The van der Waals surface area contributed by atoms with Gasteiger partial charge in [0.05, 0.1) is 11.1 Å². The van der Waals surface area contributed by atoms with Gasteiger partial charge in [0.2, 0.25) is 5.91 Å². The number of benzene rings is 2. The van der Waals surface area contributed by atoms with E-state index in [0.717, 1.165) is 0 Å². The summed E-state index contributed by atoms with van der Waals surface area (Å²) >= 11 is 0. The Morgan fingerprint density at radius 3 is 2.32 bits per heavy atom. The molecule has 0 atom stereocenters. The highest BCUT2D eigenvalue weighted by Gasteiger charge is 2.27. The predicted octanol–water partition coefficient (Wildman–Crippen LogP) is 2.28. The van der Waals surface area contributed by atoms with Gasteiger partial charge in [0, 0.05) is 28.2 Å². The first-order chi connectivity index (χ1) is 11.9. The van der Waals surface area contributed by atoms with Crippen molar-refractivity contribution in [3.63, 3.8) is 0 Å². The molecular weight excluding hydrogens is 322 g/mol. The largest absolute Gasteiger partial charge is 0.478 e. The van der Waals surface area contributed by atoms with Gasteiger partial charge in [-0.1, -0.05) is 6.07 Å². The summed E-state index contributed by atoms with van der Waals surface area (Å²) in [6.07, 6.45) is 0. The van der Waals surface area contributed by atoms with Crippen molar-refractivity contribution < 1.29 is 19.5 Å². The minimum absolute atomic E-state index is 0.179. The maximum Gasteiger partial charge on any atom is 0.335 e. The summed E-state index contributed by atoms with van der Waals surface area (Å²) in [6.45, 7) is 1.75. The summed E-state index contributed by atoms with van der Waals surface area (Å²) in [5, 5.41) is 14.7. The van der Waals surface area contributed by atoms with Gasteiger partial charge >= 0.3 is 5.97 Å². The molecule has 0 spiro atoms. The number of allylic oxidation sites excluding steroid dienone is 1. The lowest BCUT2D eigenvalue weighted by molar-refractivity contribution is -0.110. The molecule has 2 aromatic rings. The lowest BCUT2D eigenvalue weighted by atomic mass is 10.0. The van der Waals surface area contributed by atoms with Crippen molar-refractivity contribution in [3.8, 4) is 0 Å². The monoisotopic (exact) mass is 337 g/mol. The minimum Gasteiger partial charge on any atom is -0.478 e. The van der Waals surface area contributed by atoms with Crippen LogP contribution in [0.15, 0.2) is 48.2 Å². The topological polar surface area (TPSA) is 122 Å². The van der Waals surface area contributed by atoms with Gasteiger partial charge in [-0.25, -0.2) is 4.79 Å². The standard InChI is InChI=1S/C18H15N3O4/c1-9(20-12-5-2-10(3-6-12)18(24)25)15-13-7-4-11(16(19)22)8-14(13)21-17(15)23/h2-8,20H,1H3,(H2,19,22)(H,21,23)(H,24,25). The summed E-state index contributed by atoms with van der Waals surface area (Å²) < 4.78 is 0. The van der Waals surface area contributed by atoms with Gasteiger partial charge in [-0.15, -0.1) is 0 Å². The smallest absolute Gasteiger partial charge is 0.335 e. The molecule has 1 heterocycles. The SMILES string of the molecule is CC(Nc1ccc(C(=O)O)cc1)=C1C(=O)Nc2cc(C(N)=O)ccc21. The summed E-state index contributed by atoms with van der Waals surface area (Å²) in [6, 6.07) is 11.0. The molecule has 2 amide bonds. The number of carboxylic acids is 1. The zero-order valence-corrected chi connectivity index (χ0v) is 13.3. The van der Waals surface area contributed by atoms with Gasteiger partial charge in [-0.3, -0.25) is 9.59 Å². The van der Waals surface area contributed by atoms with Crippen LogP contribution in [-0.4, -0.2) is 22.9 Å². The molecule has 0 unspecified atom stereocenters. The second-order valence-electron chi connectivity index (χ2n) is 5.59. The fourth-order valence-electron chi connectivity index (χ4n) is 2.67. The number of carbonyl (C=O) groups excluding carboxylic acids is 2. The van der Waals surface area contributed by atoms with Crippen molar-refractivity contribution in [1.29, 1.82) is 0 Å². The Labute approximate surface area is 143 Å². The summed E-state index contributed by atoms with van der Waals surface area (Å²) in [5.74, 6) is -1.86. The third-order valence-electron chi connectivity index (χ3n) is 3.89. The molecule has 0 fully saturated rings. The van der Waals surface area contributed by atoms with E-state index in [1.54, 1.807) is 31.2 Å². The number of anilines is 2. The molecule has 7 nitrogen and oxygen atoms in total. The van der Waals surface area contributed by atoms with Gasteiger partial charge < -0.3 is 21.5 Å². The number of carbonyl (C=O) groups is 3. The first-order valence-corrected chi connectivity index (χ1v) is 7.43. The molecule has 0 saturated carbocycles. The molecule has 0 aromatic heterocycles. The lowest BCUT2D eigenvalue weighted by Gasteiger charge is -2.10. The first-order valence-electron chi connectivity index (χ1n) is 7.43. The van der Waals surface area contributed by atoms with E-state index in [1.807, 2.05) is 0 Å². The number of hydrogen-bond acceptors (Lipinski definition) is 4. The Hall–Kier alpha value is -3.61. The van der Waals surface area contributed by atoms with Crippen LogP contribution in [0.2, 0.25) is 0 Å². The molecule has 5 N–H and O–H groups in total. The van der Waals surface area contributed by atoms with Crippen LogP contribution in [0.1, 0.15) is 33.2 Å². The van der Waals surface area contributed by atoms with Crippen molar-refractivity contribution in [3.05, 3.63) is 64.9 Å². The van der Waals surface area contributed by atoms with Gasteiger partial charge in [0.25, 0.3) is 5.91 Å². The fourth-order valence-corrected chi connectivity index (χ4v) is 2.67. The second kappa shape index (κ2) is 6.12. The van der Waals surface area contributed by atoms with E-state index in [0.29, 0.717) is 33.8 Å². The Morgan fingerprint density at radius 2 is 1.72 bits per heavy atom. The average molecular weight is 337 g/mol. The molecular formula is C18H15N3O4. The quantitative estimate of drug-likeness (QED) is 0.638. The number of amides is 2. The maximum absolute atomic E-state index is 12.3. The third kappa shape index (κ3) is 3.07. The Morgan fingerprint density at radius 1 is 1.08 bits per heavy atom. The van der Waals surface area contributed by atoms with Crippen molar-refractivity contribution in [2.45, 2.75) is 6.92 Å². The van der Waals surface area contributed by atoms with Crippen molar-refractivity contribution in [2.75, 3.05) is 10.6 Å². The molecule has 126 valence electrons.